The molecule has 0 bridgehead atoms. The molecule has 0 fully saturated rings. The van der Waals surface area contributed by atoms with E-state index in [2.05, 4.69) is 11.7 Å². The number of hydrogen-bond donors (Lipinski definition) is 2. The Hall–Kier alpha value is -3.08. The van der Waals surface area contributed by atoms with Crippen molar-refractivity contribution in [3.63, 3.8) is 0 Å². The van der Waals surface area contributed by atoms with Gasteiger partial charge in [0.1, 0.15) is 5.76 Å². The minimum atomic E-state index is -0.985. The minimum Gasteiger partial charge on any atom is -0.478 e. The molecule has 0 unspecified atom stereocenters. The van der Waals surface area contributed by atoms with Crippen LogP contribution in [0.1, 0.15) is 21.5 Å². The van der Waals surface area contributed by atoms with Gasteiger partial charge in [0.25, 0.3) is 0 Å². The first-order chi connectivity index (χ1) is 10.1. The summed E-state index contributed by atoms with van der Waals surface area (Å²) in [6.07, 6.45) is 0. The molecule has 0 aromatic heterocycles. The highest BCUT2D eigenvalue weighted by molar-refractivity contribution is 5.97. The Morgan fingerprint density at radius 3 is 2.10 bits per heavy atom. The van der Waals surface area contributed by atoms with E-state index in [1.54, 1.807) is 12.1 Å². The summed E-state index contributed by atoms with van der Waals surface area (Å²) in [5.41, 5.74) is 1.57. The third-order valence-electron chi connectivity index (χ3n) is 2.81. The average molecular weight is 282 g/mol. The van der Waals surface area contributed by atoms with Crippen LogP contribution in [-0.4, -0.2) is 17.0 Å². The van der Waals surface area contributed by atoms with Gasteiger partial charge in [-0.1, -0.05) is 36.9 Å². The standard InChI is InChI=1S/C16H14N2O3/c1-11(12-7-9-14(10-8-12)16(19)20)21-15(18-17)13-5-3-2-4-6-13/h2-10H,1,17H2,(H,19,20)/b18-15-. The van der Waals surface area contributed by atoms with E-state index in [0.29, 0.717) is 11.3 Å². The fourth-order valence-corrected chi connectivity index (χ4v) is 1.71. The Balaban J connectivity index is 2.15. The van der Waals surface area contributed by atoms with E-state index in [-0.39, 0.29) is 11.5 Å². The van der Waals surface area contributed by atoms with Crippen molar-refractivity contribution in [2.24, 2.45) is 10.9 Å². The number of benzene rings is 2. The average Bonchev–Trinajstić information content (AvgIpc) is 2.53. The summed E-state index contributed by atoms with van der Waals surface area (Å²) in [7, 11) is 0. The third-order valence-corrected chi connectivity index (χ3v) is 2.81. The van der Waals surface area contributed by atoms with Crippen LogP contribution in [0.25, 0.3) is 5.76 Å². The predicted octanol–water partition coefficient (Wildman–Crippen LogP) is 2.69. The fraction of sp³-hybridized carbons (Fsp3) is 0. The second-order valence-corrected chi connectivity index (χ2v) is 4.21. The molecule has 0 aliphatic rings. The molecular formula is C16H14N2O3. The lowest BCUT2D eigenvalue weighted by molar-refractivity contribution is 0.0697. The van der Waals surface area contributed by atoms with E-state index in [1.165, 1.54) is 12.1 Å². The number of nitrogens with zero attached hydrogens (tertiary/aromatic N) is 1. The first-order valence-corrected chi connectivity index (χ1v) is 6.15. The van der Waals surface area contributed by atoms with Gasteiger partial charge in [-0.2, -0.15) is 0 Å². The Kier molecular flexibility index (Phi) is 4.36. The normalized spacial score (nSPS) is 11.0. The van der Waals surface area contributed by atoms with Crippen LogP contribution >= 0.6 is 0 Å². The molecule has 0 heterocycles. The number of aromatic carboxylic acids is 1. The lowest BCUT2D eigenvalue weighted by Gasteiger charge is -2.10. The second kappa shape index (κ2) is 6.38. The monoisotopic (exact) mass is 282 g/mol. The summed E-state index contributed by atoms with van der Waals surface area (Å²) in [5.74, 6) is 4.93. The van der Waals surface area contributed by atoms with Gasteiger partial charge in [0.2, 0.25) is 5.90 Å². The molecule has 0 spiro atoms. The summed E-state index contributed by atoms with van der Waals surface area (Å²) in [6.45, 7) is 3.81. The summed E-state index contributed by atoms with van der Waals surface area (Å²) in [5, 5.41) is 12.5. The lowest BCUT2D eigenvalue weighted by atomic mass is 10.1. The molecule has 21 heavy (non-hydrogen) atoms. The molecule has 3 N–H and O–H groups in total. The Morgan fingerprint density at radius 1 is 1.00 bits per heavy atom. The molecule has 2 aromatic carbocycles. The molecule has 0 saturated carbocycles. The lowest BCUT2D eigenvalue weighted by Crippen LogP contribution is -2.08. The maximum Gasteiger partial charge on any atom is 0.335 e. The quantitative estimate of drug-likeness (QED) is 0.297. The highest BCUT2D eigenvalue weighted by Gasteiger charge is 2.09. The predicted molar refractivity (Wildman–Crippen MR) is 80.7 cm³/mol. The van der Waals surface area contributed by atoms with E-state index in [4.69, 9.17) is 15.7 Å². The number of ether oxygens (including phenoxy) is 1. The van der Waals surface area contributed by atoms with Gasteiger partial charge in [0.05, 0.1) is 5.56 Å². The zero-order valence-corrected chi connectivity index (χ0v) is 11.2. The summed E-state index contributed by atoms with van der Waals surface area (Å²) >= 11 is 0. The van der Waals surface area contributed by atoms with Crippen LogP contribution in [0.5, 0.6) is 0 Å². The second-order valence-electron chi connectivity index (χ2n) is 4.21. The number of nitrogens with two attached hydrogens (primary N) is 1. The molecule has 5 nitrogen and oxygen atoms in total. The number of carboxylic acids is 1. The number of carboxylic acid groups (broad SMARTS) is 1. The van der Waals surface area contributed by atoms with Crippen LogP contribution < -0.4 is 5.84 Å². The third kappa shape index (κ3) is 3.48. The Labute approximate surface area is 122 Å². The van der Waals surface area contributed by atoms with Crippen LogP contribution in [0.3, 0.4) is 0 Å². The van der Waals surface area contributed by atoms with E-state index in [9.17, 15) is 4.79 Å². The highest BCUT2D eigenvalue weighted by atomic mass is 16.5. The number of hydrogen-bond acceptors (Lipinski definition) is 4. The van der Waals surface area contributed by atoms with Gasteiger partial charge in [-0.15, -0.1) is 5.10 Å². The van der Waals surface area contributed by atoms with Crippen molar-refractivity contribution in [3.8, 4) is 0 Å². The van der Waals surface area contributed by atoms with Gasteiger partial charge in [-0.25, -0.2) is 4.79 Å². The van der Waals surface area contributed by atoms with Gasteiger partial charge in [-0.3, -0.25) is 0 Å². The summed E-state index contributed by atoms with van der Waals surface area (Å²) < 4.78 is 5.56. The molecule has 0 amide bonds. The van der Waals surface area contributed by atoms with Crippen molar-refractivity contribution in [1.29, 1.82) is 0 Å². The van der Waals surface area contributed by atoms with Crippen molar-refractivity contribution in [2.75, 3.05) is 0 Å². The smallest absolute Gasteiger partial charge is 0.335 e. The van der Waals surface area contributed by atoms with Gasteiger partial charge in [0.15, 0.2) is 0 Å². The molecule has 0 aliphatic heterocycles. The van der Waals surface area contributed by atoms with Crippen LogP contribution in [0, 0.1) is 0 Å². The fourth-order valence-electron chi connectivity index (χ4n) is 1.71. The van der Waals surface area contributed by atoms with Crippen molar-refractivity contribution < 1.29 is 14.6 Å². The summed E-state index contributed by atoms with van der Waals surface area (Å²) in [6, 6.07) is 15.4. The highest BCUT2D eigenvalue weighted by Crippen LogP contribution is 2.17. The maximum absolute atomic E-state index is 10.8. The topological polar surface area (TPSA) is 84.9 Å². The van der Waals surface area contributed by atoms with E-state index >= 15 is 0 Å². The molecule has 106 valence electrons. The van der Waals surface area contributed by atoms with Gasteiger partial charge >= 0.3 is 5.97 Å². The van der Waals surface area contributed by atoms with Crippen molar-refractivity contribution >= 4 is 17.6 Å². The summed E-state index contributed by atoms with van der Waals surface area (Å²) in [4.78, 5) is 10.8. The van der Waals surface area contributed by atoms with Crippen LogP contribution in [-0.2, 0) is 4.74 Å². The molecule has 5 heteroatoms. The van der Waals surface area contributed by atoms with Gasteiger partial charge < -0.3 is 15.7 Å². The Bertz CT molecular complexity index is 676. The molecule has 2 rings (SSSR count). The number of rotatable bonds is 4. The van der Waals surface area contributed by atoms with Crippen LogP contribution in [0.2, 0.25) is 0 Å². The van der Waals surface area contributed by atoms with Crippen molar-refractivity contribution in [1.82, 2.24) is 0 Å². The number of hydrazone groups is 1. The Morgan fingerprint density at radius 2 is 1.57 bits per heavy atom. The van der Waals surface area contributed by atoms with Crippen LogP contribution in [0.15, 0.2) is 66.3 Å². The van der Waals surface area contributed by atoms with Gasteiger partial charge in [0, 0.05) is 11.1 Å². The minimum absolute atomic E-state index is 0.197. The van der Waals surface area contributed by atoms with Crippen molar-refractivity contribution in [2.45, 2.75) is 0 Å². The van der Waals surface area contributed by atoms with Gasteiger partial charge in [-0.05, 0) is 24.3 Å². The molecular weight excluding hydrogens is 268 g/mol. The van der Waals surface area contributed by atoms with E-state index < -0.39 is 5.97 Å². The zero-order chi connectivity index (χ0) is 15.2. The zero-order valence-electron chi connectivity index (χ0n) is 11.2. The molecule has 0 radical (unpaired) electrons. The molecule has 0 saturated heterocycles. The SMILES string of the molecule is C=C(O/C(=N\N)c1ccccc1)c1ccc(C(=O)O)cc1. The van der Waals surface area contributed by atoms with Crippen LogP contribution in [0.4, 0.5) is 0 Å². The molecule has 0 aliphatic carbocycles. The van der Waals surface area contributed by atoms with E-state index in [1.807, 2.05) is 30.3 Å². The first-order valence-electron chi connectivity index (χ1n) is 6.15. The first kappa shape index (κ1) is 14.3. The number of carbonyl (C=O) groups is 1. The molecule has 0 atom stereocenters. The maximum atomic E-state index is 10.8. The largest absolute Gasteiger partial charge is 0.478 e. The molecule has 2 aromatic rings. The van der Waals surface area contributed by atoms with Crippen molar-refractivity contribution in [3.05, 3.63) is 77.9 Å². The van der Waals surface area contributed by atoms with E-state index in [0.717, 1.165) is 5.56 Å².